The lowest BCUT2D eigenvalue weighted by Gasteiger charge is -2.08. The SMILES string of the molecule is O=C(CCOc1cccc(Cl)c1)Nc1cccc(CO)c1. The van der Waals surface area contributed by atoms with Gasteiger partial charge in [-0.25, -0.2) is 0 Å². The summed E-state index contributed by atoms with van der Waals surface area (Å²) in [5.74, 6) is 0.490. The Balaban J connectivity index is 1.79. The zero-order valence-corrected chi connectivity index (χ0v) is 12.1. The lowest BCUT2D eigenvalue weighted by molar-refractivity contribution is -0.116. The molecule has 0 radical (unpaired) electrons. The second-order valence-electron chi connectivity index (χ2n) is 4.46. The fourth-order valence-corrected chi connectivity index (χ4v) is 1.97. The van der Waals surface area contributed by atoms with Crippen molar-refractivity contribution in [1.82, 2.24) is 0 Å². The number of carbonyl (C=O) groups excluding carboxylic acids is 1. The number of aliphatic hydroxyl groups excluding tert-OH is 1. The molecule has 0 fully saturated rings. The van der Waals surface area contributed by atoms with Crippen LogP contribution in [0.4, 0.5) is 5.69 Å². The molecule has 0 spiro atoms. The summed E-state index contributed by atoms with van der Waals surface area (Å²) in [6.45, 7) is 0.216. The van der Waals surface area contributed by atoms with Gasteiger partial charge in [0.1, 0.15) is 5.75 Å². The number of ether oxygens (including phenoxy) is 1. The van der Waals surface area contributed by atoms with Gasteiger partial charge in [0.25, 0.3) is 0 Å². The van der Waals surface area contributed by atoms with Crippen molar-refractivity contribution >= 4 is 23.2 Å². The van der Waals surface area contributed by atoms with Crippen LogP contribution in [-0.4, -0.2) is 17.6 Å². The Kier molecular flexibility index (Phi) is 5.60. The van der Waals surface area contributed by atoms with Crippen molar-refractivity contribution in [3.63, 3.8) is 0 Å². The van der Waals surface area contributed by atoms with Crippen LogP contribution in [0.2, 0.25) is 5.02 Å². The number of hydrogen-bond donors (Lipinski definition) is 2. The van der Waals surface area contributed by atoms with Gasteiger partial charge in [0.05, 0.1) is 19.6 Å². The zero-order chi connectivity index (χ0) is 15.1. The number of rotatable bonds is 6. The van der Waals surface area contributed by atoms with Gasteiger partial charge in [0.2, 0.25) is 5.91 Å². The standard InChI is InChI=1S/C16H16ClNO3/c17-13-4-2-6-15(10-13)21-8-7-16(20)18-14-5-1-3-12(9-14)11-19/h1-6,9-10,19H,7-8,11H2,(H,18,20). The van der Waals surface area contributed by atoms with Crippen molar-refractivity contribution in [3.05, 3.63) is 59.1 Å². The Bertz CT molecular complexity index is 616. The van der Waals surface area contributed by atoms with Gasteiger partial charge in [-0.2, -0.15) is 0 Å². The van der Waals surface area contributed by atoms with E-state index in [-0.39, 0.29) is 25.5 Å². The number of anilines is 1. The summed E-state index contributed by atoms with van der Waals surface area (Å²) >= 11 is 5.84. The summed E-state index contributed by atoms with van der Waals surface area (Å²) in [5, 5.41) is 12.4. The maximum Gasteiger partial charge on any atom is 0.227 e. The second-order valence-corrected chi connectivity index (χ2v) is 4.90. The lowest BCUT2D eigenvalue weighted by Crippen LogP contribution is -2.15. The number of carbonyl (C=O) groups is 1. The fraction of sp³-hybridized carbons (Fsp3) is 0.188. The molecular formula is C16H16ClNO3. The average Bonchev–Trinajstić information content (AvgIpc) is 2.47. The molecule has 2 aromatic carbocycles. The molecule has 1 amide bonds. The summed E-state index contributed by atoms with van der Waals surface area (Å²) in [5.41, 5.74) is 1.41. The van der Waals surface area contributed by atoms with Crippen LogP contribution in [0.3, 0.4) is 0 Å². The van der Waals surface area contributed by atoms with Gasteiger partial charge in [-0.3, -0.25) is 4.79 Å². The highest BCUT2D eigenvalue weighted by molar-refractivity contribution is 6.30. The van der Waals surface area contributed by atoms with Gasteiger partial charge < -0.3 is 15.2 Å². The maximum atomic E-state index is 11.8. The van der Waals surface area contributed by atoms with E-state index in [2.05, 4.69) is 5.32 Å². The Morgan fingerprint density at radius 2 is 2.00 bits per heavy atom. The number of amides is 1. The van der Waals surface area contributed by atoms with Crippen LogP contribution < -0.4 is 10.1 Å². The van der Waals surface area contributed by atoms with Crippen LogP contribution in [0, 0.1) is 0 Å². The minimum absolute atomic E-state index is 0.0540. The number of benzene rings is 2. The molecule has 0 saturated heterocycles. The van der Waals surface area contributed by atoms with E-state index in [1.165, 1.54) is 0 Å². The van der Waals surface area contributed by atoms with Gasteiger partial charge in [0, 0.05) is 10.7 Å². The van der Waals surface area contributed by atoms with Crippen molar-refractivity contribution in [2.75, 3.05) is 11.9 Å². The van der Waals surface area contributed by atoms with Gasteiger partial charge in [-0.15, -0.1) is 0 Å². The van der Waals surface area contributed by atoms with Crippen molar-refractivity contribution in [2.24, 2.45) is 0 Å². The van der Waals surface area contributed by atoms with E-state index in [1.807, 2.05) is 0 Å². The largest absolute Gasteiger partial charge is 0.493 e. The van der Waals surface area contributed by atoms with E-state index in [0.717, 1.165) is 5.56 Å². The van der Waals surface area contributed by atoms with Crippen molar-refractivity contribution < 1.29 is 14.6 Å². The molecule has 0 saturated carbocycles. The minimum Gasteiger partial charge on any atom is -0.493 e. The summed E-state index contributed by atoms with van der Waals surface area (Å²) in [7, 11) is 0. The van der Waals surface area contributed by atoms with Crippen LogP contribution in [0.15, 0.2) is 48.5 Å². The van der Waals surface area contributed by atoms with Crippen molar-refractivity contribution in [1.29, 1.82) is 0 Å². The molecule has 2 aromatic rings. The number of hydrogen-bond acceptors (Lipinski definition) is 3. The van der Waals surface area contributed by atoms with E-state index in [0.29, 0.717) is 16.5 Å². The first kappa shape index (κ1) is 15.4. The monoisotopic (exact) mass is 305 g/mol. The summed E-state index contributed by atoms with van der Waals surface area (Å²) in [4.78, 5) is 11.8. The summed E-state index contributed by atoms with van der Waals surface area (Å²) in [6, 6.07) is 14.1. The van der Waals surface area contributed by atoms with Gasteiger partial charge in [-0.1, -0.05) is 29.8 Å². The summed E-state index contributed by atoms with van der Waals surface area (Å²) < 4.78 is 5.45. The number of halogens is 1. The first-order chi connectivity index (χ1) is 10.2. The molecule has 0 unspecified atom stereocenters. The van der Waals surface area contributed by atoms with Gasteiger partial charge >= 0.3 is 0 Å². The molecule has 2 N–H and O–H groups in total. The fourth-order valence-electron chi connectivity index (χ4n) is 1.79. The lowest BCUT2D eigenvalue weighted by atomic mass is 10.2. The highest BCUT2D eigenvalue weighted by Crippen LogP contribution is 2.17. The Morgan fingerprint density at radius 1 is 1.19 bits per heavy atom. The third-order valence-electron chi connectivity index (χ3n) is 2.79. The summed E-state index contributed by atoms with van der Waals surface area (Å²) in [6.07, 6.45) is 0.232. The van der Waals surface area contributed by atoms with Crippen molar-refractivity contribution in [2.45, 2.75) is 13.0 Å². The van der Waals surface area contributed by atoms with Crippen LogP contribution in [0.1, 0.15) is 12.0 Å². The molecule has 2 rings (SSSR count). The first-order valence-corrected chi connectivity index (χ1v) is 6.93. The number of nitrogens with one attached hydrogen (secondary N) is 1. The molecule has 0 aliphatic rings. The third-order valence-corrected chi connectivity index (χ3v) is 3.02. The average molecular weight is 306 g/mol. The molecule has 0 heterocycles. The van der Waals surface area contributed by atoms with E-state index < -0.39 is 0 Å². The quantitative estimate of drug-likeness (QED) is 0.861. The second kappa shape index (κ2) is 7.67. The van der Waals surface area contributed by atoms with E-state index in [4.69, 9.17) is 21.4 Å². The molecule has 21 heavy (non-hydrogen) atoms. The van der Waals surface area contributed by atoms with E-state index in [9.17, 15) is 4.79 Å². The highest BCUT2D eigenvalue weighted by atomic mass is 35.5. The molecule has 5 heteroatoms. The first-order valence-electron chi connectivity index (χ1n) is 6.55. The smallest absolute Gasteiger partial charge is 0.227 e. The van der Waals surface area contributed by atoms with Crippen LogP contribution in [0.5, 0.6) is 5.75 Å². The highest BCUT2D eigenvalue weighted by Gasteiger charge is 2.04. The Morgan fingerprint density at radius 3 is 2.76 bits per heavy atom. The number of aliphatic hydroxyl groups is 1. The molecule has 0 atom stereocenters. The van der Waals surface area contributed by atoms with Crippen LogP contribution >= 0.6 is 11.6 Å². The molecule has 110 valence electrons. The molecule has 0 bridgehead atoms. The third kappa shape index (κ3) is 5.10. The molecule has 0 aliphatic heterocycles. The normalized spacial score (nSPS) is 10.2. The topological polar surface area (TPSA) is 58.6 Å². The minimum atomic E-state index is -0.146. The van der Waals surface area contributed by atoms with Crippen molar-refractivity contribution in [3.8, 4) is 5.75 Å². The predicted octanol–water partition coefficient (Wildman–Crippen LogP) is 3.24. The molecule has 0 aliphatic carbocycles. The molecule has 0 aromatic heterocycles. The van der Waals surface area contributed by atoms with Gasteiger partial charge in [-0.05, 0) is 35.9 Å². The molecular weight excluding hydrogens is 290 g/mol. The maximum absolute atomic E-state index is 11.8. The van der Waals surface area contributed by atoms with Crippen LogP contribution in [-0.2, 0) is 11.4 Å². The van der Waals surface area contributed by atoms with E-state index in [1.54, 1.807) is 48.5 Å². The van der Waals surface area contributed by atoms with Gasteiger partial charge in [0.15, 0.2) is 0 Å². The Labute approximate surface area is 128 Å². The molecule has 4 nitrogen and oxygen atoms in total. The Hall–Kier alpha value is -2.04. The van der Waals surface area contributed by atoms with Crippen LogP contribution in [0.25, 0.3) is 0 Å². The predicted molar refractivity (Wildman–Crippen MR) is 82.6 cm³/mol. The van der Waals surface area contributed by atoms with E-state index >= 15 is 0 Å². The zero-order valence-electron chi connectivity index (χ0n) is 11.4.